The largest absolute Gasteiger partial charge is 0.493 e. The number of nitrogens with one attached hydrogen (secondary N) is 2. The van der Waals surface area contributed by atoms with Crippen LogP contribution in [0.2, 0.25) is 0 Å². The number of aryl methyl sites for hydroxylation is 2. The first-order valence-corrected chi connectivity index (χ1v) is 8.78. The minimum Gasteiger partial charge on any atom is -0.493 e. The molecule has 7 nitrogen and oxygen atoms in total. The van der Waals surface area contributed by atoms with Gasteiger partial charge in [-0.15, -0.1) is 0 Å². The van der Waals surface area contributed by atoms with E-state index in [1.807, 2.05) is 56.3 Å². The average molecular weight is 380 g/mol. The number of methoxy groups -OCH3 is 3. The molecule has 0 aliphatic rings. The molecule has 0 aliphatic carbocycles. The van der Waals surface area contributed by atoms with Crippen LogP contribution in [0.3, 0.4) is 0 Å². The summed E-state index contributed by atoms with van der Waals surface area (Å²) < 4.78 is 16.2. The monoisotopic (exact) mass is 380 g/mol. The molecular weight excluding hydrogens is 356 g/mol. The highest BCUT2D eigenvalue weighted by molar-refractivity contribution is 5.67. The molecule has 0 saturated heterocycles. The number of hydrogen-bond donors (Lipinski definition) is 2. The smallest absolute Gasteiger partial charge is 0.229 e. The zero-order chi connectivity index (χ0) is 20.1. The minimum absolute atomic E-state index is 0.513. The Hall–Kier alpha value is -3.48. The van der Waals surface area contributed by atoms with E-state index in [1.54, 1.807) is 21.3 Å². The normalized spacial score (nSPS) is 10.3. The van der Waals surface area contributed by atoms with Crippen LogP contribution in [0.4, 0.5) is 23.1 Å². The van der Waals surface area contributed by atoms with E-state index >= 15 is 0 Å². The molecule has 0 amide bonds. The van der Waals surface area contributed by atoms with Gasteiger partial charge in [0.05, 0.1) is 21.3 Å². The molecule has 0 saturated carbocycles. The Labute approximate surface area is 164 Å². The molecule has 0 spiro atoms. The van der Waals surface area contributed by atoms with Gasteiger partial charge in [-0.05, 0) is 26.0 Å². The van der Waals surface area contributed by atoms with E-state index < -0.39 is 0 Å². The Morgan fingerprint density at radius 3 is 1.93 bits per heavy atom. The van der Waals surface area contributed by atoms with E-state index in [2.05, 4.69) is 20.6 Å². The average Bonchev–Trinajstić information content (AvgIpc) is 2.68. The predicted octanol–water partition coefficient (Wildman–Crippen LogP) is 4.61. The molecule has 0 unspecified atom stereocenters. The number of nitrogens with zero attached hydrogens (tertiary/aromatic N) is 2. The SMILES string of the molecule is COc1cc(Nc2cc(C)nc(Nc3ccc(C)cc3)n2)cc(OC)c1OC. The van der Waals surface area contributed by atoms with Gasteiger partial charge in [0.1, 0.15) is 5.82 Å². The first kappa shape index (κ1) is 19.3. The maximum atomic E-state index is 5.40. The highest BCUT2D eigenvalue weighted by atomic mass is 16.5. The maximum absolute atomic E-state index is 5.40. The van der Waals surface area contributed by atoms with Gasteiger partial charge in [-0.2, -0.15) is 4.98 Å². The van der Waals surface area contributed by atoms with Gasteiger partial charge < -0.3 is 24.8 Å². The summed E-state index contributed by atoms with van der Waals surface area (Å²) in [5.41, 5.74) is 3.71. The number of anilines is 4. The van der Waals surface area contributed by atoms with Crippen LogP contribution in [-0.2, 0) is 0 Å². The fraction of sp³-hybridized carbons (Fsp3) is 0.238. The van der Waals surface area contributed by atoms with Crippen molar-refractivity contribution in [3.05, 3.63) is 53.7 Å². The van der Waals surface area contributed by atoms with Crippen LogP contribution in [0.25, 0.3) is 0 Å². The molecule has 3 rings (SSSR count). The topological polar surface area (TPSA) is 77.5 Å². The van der Waals surface area contributed by atoms with E-state index in [0.717, 1.165) is 17.1 Å². The zero-order valence-corrected chi connectivity index (χ0v) is 16.7. The summed E-state index contributed by atoms with van der Waals surface area (Å²) in [6.45, 7) is 3.97. The van der Waals surface area contributed by atoms with Crippen molar-refractivity contribution in [1.82, 2.24) is 9.97 Å². The Bertz CT molecular complexity index is 933. The molecule has 0 radical (unpaired) electrons. The third-order valence-corrected chi connectivity index (χ3v) is 4.10. The van der Waals surface area contributed by atoms with Crippen molar-refractivity contribution in [2.24, 2.45) is 0 Å². The highest BCUT2D eigenvalue weighted by Crippen LogP contribution is 2.40. The zero-order valence-electron chi connectivity index (χ0n) is 16.7. The molecule has 0 bridgehead atoms. The van der Waals surface area contributed by atoms with Crippen LogP contribution in [-0.4, -0.2) is 31.3 Å². The molecule has 2 N–H and O–H groups in total. The Morgan fingerprint density at radius 2 is 1.36 bits per heavy atom. The van der Waals surface area contributed by atoms with Gasteiger partial charge in [0.2, 0.25) is 11.7 Å². The lowest BCUT2D eigenvalue weighted by molar-refractivity contribution is 0.324. The fourth-order valence-corrected chi connectivity index (χ4v) is 2.76. The molecular formula is C21H24N4O3. The molecule has 28 heavy (non-hydrogen) atoms. The van der Waals surface area contributed by atoms with Crippen LogP contribution >= 0.6 is 0 Å². The summed E-state index contributed by atoms with van der Waals surface area (Å²) in [4.78, 5) is 9.01. The summed E-state index contributed by atoms with van der Waals surface area (Å²) in [5.74, 6) is 2.83. The van der Waals surface area contributed by atoms with Crippen molar-refractivity contribution >= 4 is 23.1 Å². The summed E-state index contributed by atoms with van der Waals surface area (Å²) >= 11 is 0. The highest BCUT2D eigenvalue weighted by Gasteiger charge is 2.14. The number of benzene rings is 2. The van der Waals surface area contributed by atoms with E-state index in [4.69, 9.17) is 14.2 Å². The second-order valence-corrected chi connectivity index (χ2v) is 6.25. The summed E-state index contributed by atoms with van der Waals surface area (Å²) in [7, 11) is 4.74. The van der Waals surface area contributed by atoms with Crippen LogP contribution < -0.4 is 24.8 Å². The van der Waals surface area contributed by atoms with Gasteiger partial charge in [0, 0.05) is 35.3 Å². The standard InChI is InChI=1S/C21H24N4O3/c1-13-6-8-15(9-7-13)24-21-22-14(2)10-19(25-21)23-16-11-17(26-3)20(28-5)18(12-16)27-4/h6-12H,1-5H3,(H2,22,23,24,25). The molecule has 1 heterocycles. The van der Waals surface area contributed by atoms with Crippen molar-refractivity contribution in [2.75, 3.05) is 32.0 Å². The first-order valence-electron chi connectivity index (χ1n) is 8.78. The van der Waals surface area contributed by atoms with Crippen molar-refractivity contribution in [3.63, 3.8) is 0 Å². The van der Waals surface area contributed by atoms with Crippen molar-refractivity contribution in [1.29, 1.82) is 0 Å². The van der Waals surface area contributed by atoms with Gasteiger partial charge in [-0.1, -0.05) is 17.7 Å². The Balaban J connectivity index is 1.88. The Kier molecular flexibility index (Phi) is 5.84. The quantitative estimate of drug-likeness (QED) is 0.620. The molecule has 2 aromatic carbocycles. The van der Waals surface area contributed by atoms with Crippen LogP contribution in [0, 0.1) is 13.8 Å². The summed E-state index contributed by atoms with van der Waals surface area (Å²) in [6.07, 6.45) is 0. The predicted molar refractivity (Wildman–Crippen MR) is 111 cm³/mol. The third kappa shape index (κ3) is 4.43. The van der Waals surface area contributed by atoms with Crippen molar-refractivity contribution in [2.45, 2.75) is 13.8 Å². The third-order valence-electron chi connectivity index (χ3n) is 4.10. The van der Waals surface area contributed by atoms with Gasteiger partial charge in [-0.3, -0.25) is 0 Å². The Morgan fingerprint density at radius 1 is 0.714 bits per heavy atom. The van der Waals surface area contributed by atoms with Gasteiger partial charge in [0.15, 0.2) is 11.5 Å². The lowest BCUT2D eigenvalue weighted by Gasteiger charge is -2.15. The number of ether oxygens (including phenoxy) is 3. The van der Waals surface area contributed by atoms with E-state index in [0.29, 0.717) is 29.0 Å². The van der Waals surface area contributed by atoms with Crippen molar-refractivity contribution < 1.29 is 14.2 Å². The van der Waals surface area contributed by atoms with Crippen LogP contribution in [0.1, 0.15) is 11.3 Å². The molecule has 0 aliphatic heterocycles. The van der Waals surface area contributed by atoms with Crippen LogP contribution in [0.15, 0.2) is 42.5 Å². The van der Waals surface area contributed by atoms with Gasteiger partial charge in [-0.25, -0.2) is 4.98 Å². The van der Waals surface area contributed by atoms with Crippen LogP contribution in [0.5, 0.6) is 17.2 Å². The molecule has 0 fully saturated rings. The fourth-order valence-electron chi connectivity index (χ4n) is 2.76. The molecule has 1 aromatic heterocycles. The molecule has 146 valence electrons. The lowest BCUT2D eigenvalue weighted by Crippen LogP contribution is -2.03. The van der Waals surface area contributed by atoms with E-state index in [9.17, 15) is 0 Å². The van der Waals surface area contributed by atoms with Gasteiger partial charge in [0.25, 0.3) is 0 Å². The van der Waals surface area contributed by atoms with E-state index in [1.165, 1.54) is 5.56 Å². The van der Waals surface area contributed by atoms with E-state index in [-0.39, 0.29) is 0 Å². The van der Waals surface area contributed by atoms with Crippen molar-refractivity contribution in [3.8, 4) is 17.2 Å². The molecule has 7 heteroatoms. The number of aromatic nitrogens is 2. The summed E-state index contributed by atoms with van der Waals surface area (Å²) in [5, 5.41) is 6.50. The maximum Gasteiger partial charge on any atom is 0.229 e. The second kappa shape index (κ2) is 8.47. The number of hydrogen-bond acceptors (Lipinski definition) is 7. The summed E-state index contributed by atoms with van der Waals surface area (Å²) in [6, 6.07) is 13.6. The second-order valence-electron chi connectivity index (χ2n) is 6.25. The first-order chi connectivity index (χ1) is 13.5. The number of rotatable bonds is 7. The molecule has 3 aromatic rings. The molecule has 0 atom stereocenters. The minimum atomic E-state index is 0.513. The lowest BCUT2D eigenvalue weighted by atomic mass is 10.2. The van der Waals surface area contributed by atoms with Gasteiger partial charge >= 0.3 is 0 Å².